The summed E-state index contributed by atoms with van der Waals surface area (Å²) in [5.74, 6) is 0.635. The lowest BCUT2D eigenvalue weighted by atomic mass is 9.83. The lowest BCUT2D eigenvalue weighted by Crippen LogP contribution is -1.93. The van der Waals surface area contributed by atoms with E-state index in [2.05, 4.69) is 152 Å². The van der Waals surface area contributed by atoms with Gasteiger partial charge in [0.15, 0.2) is 5.58 Å². The van der Waals surface area contributed by atoms with Crippen molar-refractivity contribution in [1.29, 1.82) is 0 Å². The molecule has 10 rings (SSSR count). The maximum absolute atomic E-state index is 6.07. The standard InChI is InChI=1S/C47H29NO/c1-3-15-35-31(11-1)13-9-19-37(35)45-39-17-5-6-18-40(39)46(38-20-10-14-32-12-2-4-16-36(32)38)42-29-34(27-28-41(42)45)30-23-25-33(26-24-30)47-48-43-21-7-8-22-44(43)49-47/h1-29H. The predicted molar refractivity (Wildman–Crippen MR) is 206 cm³/mol. The third-order valence-corrected chi connectivity index (χ3v) is 9.90. The molecular weight excluding hydrogens is 595 g/mol. The summed E-state index contributed by atoms with van der Waals surface area (Å²) in [7, 11) is 0. The molecule has 49 heavy (non-hydrogen) atoms. The number of para-hydroxylation sites is 2. The van der Waals surface area contributed by atoms with E-state index in [0.717, 1.165) is 27.8 Å². The van der Waals surface area contributed by atoms with Crippen molar-refractivity contribution < 1.29 is 4.42 Å². The molecule has 0 amide bonds. The normalized spacial score (nSPS) is 11.7. The lowest BCUT2D eigenvalue weighted by Gasteiger charge is -2.20. The summed E-state index contributed by atoms with van der Waals surface area (Å²) in [4.78, 5) is 4.72. The molecule has 0 fully saturated rings. The highest BCUT2D eigenvalue weighted by Gasteiger charge is 2.20. The van der Waals surface area contributed by atoms with Gasteiger partial charge in [-0.1, -0.05) is 146 Å². The number of nitrogens with zero attached hydrogens (tertiary/aromatic N) is 1. The van der Waals surface area contributed by atoms with Crippen LogP contribution in [0.4, 0.5) is 0 Å². The Morgan fingerprint density at radius 1 is 0.347 bits per heavy atom. The molecule has 0 spiro atoms. The van der Waals surface area contributed by atoms with Crippen molar-refractivity contribution in [2.24, 2.45) is 0 Å². The van der Waals surface area contributed by atoms with Crippen molar-refractivity contribution in [3.8, 4) is 44.8 Å². The number of aromatic nitrogens is 1. The largest absolute Gasteiger partial charge is 0.436 e. The number of hydrogen-bond donors (Lipinski definition) is 0. The van der Waals surface area contributed by atoms with Gasteiger partial charge in [-0.15, -0.1) is 0 Å². The van der Waals surface area contributed by atoms with Gasteiger partial charge in [-0.25, -0.2) is 4.98 Å². The smallest absolute Gasteiger partial charge is 0.227 e. The number of rotatable bonds is 4. The summed E-state index contributed by atoms with van der Waals surface area (Å²) in [6.07, 6.45) is 0. The van der Waals surface area contributed by atoms with Crippen molar-refractivity contribution in [3.05, 3.63) is 176 Å². The topological polar surface area (TPSA) is 26.0 Å². The summed E-state index contributed by atoms with van der Waals surface area (Å²) in [5.41, 5.74) is 9.95. The first-order valence-corrected chi connectivity index (χ1v) is 16.7. The fraction of sp³-hybridized carbons (Fsp3) is 0. The highest BCUT2D eigenvalue weighted by molar-refractivity contribution is 6.25. The zero-order chi connectivity index (χ0) is 32.3. The van der Waals surface area contributed by atoms with Gasteiger partial charge in [-0.3, -0.25) is 0 Å². The quantitative estimate of drug-likeness (QED) is 0.182. The van der Waals surface area contributed by atoms with E-state index in [-0.39, 0.29) is 0 Å². The molecule has 0 unspecified atom stereocenters. The minimum Gasteiger partial charge on any atom is -0.436 e. The van der Waals surface area contributed by atoms with Gasteiger partial charge < -0.3 is 4.42 Å². The third-order valence-electron chi connectivity index (χ3n) is 9.90. The Balaban J connectivity index is 1.25. The second kappa shape index (κ2) is 11.0. The maximum Gasteiger partial charge on any atom is 0.227 e. The van der Waals surface area contributed by atoms with Crippen LogP contribution in [-0.2, 0) is 0 Å². The lowest BCUT2D eigenvalue weighted by molar-refractivity contribution is 0.620. The van der Waals surface area contributed by atoms with E-state index in [1.165, 1.54) is 65.3 Å². The van der Waals surface area contributed by atoms with Gasteiger partial charge in [0.2, 0.25) is 5.89 Å². The van der Waals surface area contributed by atoms with Crippen LogP contribution in [0.5, 0.6) is 0 Å². The average Bonchev–Trinajstić information content (AvgIpc) is 3.61. The fourth-order valence-electron chi connectivity index (χ4n) is 7.63. The van der Waals surface area contributed by atoms with Crippen molar-refractivity contribution in [2.45, 2.75) is 0 Å². The molecule has 0 aliphatic rings. The van der Waals surface area contributed by atoms with Gasteiger partial charge in [0.25, 0.3) is 0 Å². The third kappa shape index (κ3) is 4.46. The molecule has 0 saturated heterocycles. The van der Waals surface area contributed by atoms with Crippen molar-refractivity contribution in [1.82, 2.24) is 4.98 Å². The minimum absolute atomic E-state index is 0.635. The van der Waals surface area contributed by atoms with Crippen LogP contribution in [0, 0.1) is 0 Å². The predicted octanol–water partition coefficient (Wildman–Crippen LogP) is 13.1. The van der Waals surface area contributed by atoms with Gasteiger partial charge >= 0.3 is 0 Å². The van der Waals surface area contributed by atoms with E-state index in [1.54, 1.807) is 0 Å². The van der Waals surface area contributed by atoms with Crippen molar-refractivity contribution >= 4 is 54.2 Å². The van der Waals surface area contributed by atoms with E-state index >= 15 is 0 Å². The average molecular weight is 624 g/mol. The van der Waals surface area contributed by atoms with Crippen LogP contribution in [-0.4, -0.2) is 4.98 Å². The summed E-state index contributed by atoms with van der Waals surface area (Å²) < 4.78 is 6.07. The number of hydrogen-bond acceptors (Lipinski definition) is 2. The fourth-order valence-corrected chi connectivity index (χ4v) is 7.63. The molecule has 0 N–H and O–H groups in total. The molecule has 228 valence electrons. The molecule has 0 atom stereocenters. The molecule has 1 aromatic heterocycles. The maximum atomic E-state index is 6.07. The van der Waals surface area contributed by atoms with Crippen LogP contribution < -0.4 is 0 Å². The summed E-state index contributed by atoms with van der Waals surface area (Å²) in [6.45, 7) is 0. The minimum atomic E-state index is 0.635. The summed E-state index contributed by atoms with van der Waals surface area (Å²) >= 11 is 0. The van der Waals surface area contributed by atoms with E-state index in [4.69, 9.17) is 9.40 Å². The van der Waals surface area contributed by atoms with Crippen LogP contribution >= 0.6 is 0 Å². The Bertz CT molecular complexity index is 2830. The van der Waals surface area contributed by atoms with Crippen LogP contribution in [0.25, 0.3) is 99.0 Å². The highest BCUT2D eigenvalue weighted by atomic mass is 16.3. The number of oxazole rings is 1. The first-order valence-electron chi connectivity index (χ1n) is 16.7. The Labute approximate surface area is 283 Å². The molecule has 9 aromatic carbocycles. The zero-order valence-electron chi connectivity index (χ0n) is 26.6. The Morgan fingerprint density at radius 3 is 1.49 bits per heavy atom. The monoisotopic (exact) mass is 623 g/mol. The number of benzene rings is 9. The van der Waals surface area contributed by atoms with Gasteiger partial charge in [0, 0.05) is 5.56 Å². The van der Waals surface area contributed by atoms with Gasteiger partial charge in [-0.2, -0.15) is 0 Å². The van der Waals surface area contributed by atoms with E-state index in [9.17, 15) is 0 Å². The molecule has 2 nitrogen and oxygen atoms in total. The van der Waals surface area contributed by atoms with Crippen LogP contribution in [0.2, 0.25) is 0 Å². The molecule has 0 radical (unpaired) electrons. The molecule has 0 aliphatic carbocycles. The molecule has 10 aromatic rings. The Hall–Kier alpha value is -6.51. The van der Waals surface area contributed by atoms with Crippen LogP contribution in [0.3, 0.4) is 0 Å². The highest BCUT2D eigenvalue weighted by Crippen LogP contribution is 2.47. The van der Waals surface area contributed by atoms with E-state index < -0.39 is 0 Å². The Morgan fingerprint density at radius 2 is 0.837 bits per heavy atom. The Kier molecular flexibility index (Phi) is 6.22. The van der Waals surface area contributed by atoms with Crippen molar-refractivity contribution in [3.63, 3.8) is 0 Å². The molecule has 0 saturated carbocycles. The van der Waals surface area contributed by atoms with Gasteiger partial charge in [0.05, 0.1) is 0 Å². The SMILES string of the molecule is c1ccc2c(-c3c4ccccc4c(-c4cccc5ccccc45)c4cc(-c5ccc(-c6nc7ccccc7o6)cc5)ccc34)cccc2c1. The summed E-state index contributed by atoms with van der Waals surface area (Å²) in [6, 6.07) is 63.2. The van der Waals surface area contributed by atoms with Crippen LogP contribution in [0.1, 0.15) is 0 Å². The molecule has 0 aliphatic heterocycles. The second-order valence-corrected chi connectivity index (χ2v) is 12.7. The van der Waals surface area contributed by atoms with E-state index in [1.807, 2.05) is 24.3 Å². The second-order valence-electron chi connectivity index (χ2n) is 12.7. The van der Waals surface area contributed by atoms with Crippen LogP contribution in [0.15, 0.2) is 180 Å². The van der Waals surface area contributed by atoms with Gasteiger partial charge in [-0.05, 0) is 107 Å². The first kappa shape index (κ1) is 27.6. The number of fused-ring (bicyclic) bond motifs is 5. The molecular formula is C47H29NO. The molecule has 0 bridgehead atoms. The van der Waals surface area contributed by atoms with Crippen molar-refractivity contribution in [2.75, 3.05) is 0 Å². The first-order chi connectivity index (χ1) is 24.3. The molecule has 2 heteroatoms. The van der Waals surface area contributed by atoms with Gasteiger partial charge in [0.1, 0.15) is 5.52 Å². The summed E-state index contributed by atoms with van der Waals surface area (Å²) in [5, 5.41) is 9.97. The van der Waals surface area contributed by atoms with E-state index in [0.29, 0.717) is 5.89 Å². The zero-order valence-corrected chi connectivity index (χ0v) is 26.6. The molecule has 1 heterocycles.